The van der Waals surface area contributed by atoms with E-state index in [-0.39, 0.29) is 11.9 Å². The predicted molar refractivity (Wildman–Crippen MR) is 89.7 cm³/mol. The largest absolute Gasteiger partial charge is 0.444 e. The van der Waals surface area contributed by atoms with Crippen molar-refractivity contribution in [1.82, 2.24) is 15.0 Å². The minimum Gasteiger partial charge on any atom is -0.444 e. The molecule has 1 fully saturated rings. The molecule has 0 radical (unpaired) electrons. The van der Waals surface area contributed by atoms with E-state index in [0.717, 1.165) is 0 Å². The molecular formula is C17H21FN4O3. The quantitative estimate of drug-likeness (QED) is 0.831. The first-order chi connectivity index (χ1) is 11.8. The number of hydrogen-bond acceptors (Lipinski definition) is 6. The molecule has 1 saturated heterocycles. The SMILES string of the molecule is CC(C)(C)OC(=O)N1CCN(c2nc(-c3cccc(F)c3)no2)CC1. The van der Waals surface area contributed by atoms with Crippen LogP contribution in [0.15, 0.2) is 28.8 Å². The fraction of sp³-hybridized carbons (Fsp3) is 0.471. The summed E-state index contributed by atoms with van der Waals surface area (Å²) in [6.45, 7) is 7.65. The van der Waals surface area contributed by atoms with E-state index in [0.29, 0.717) is 43.6 Å². The number of aromatic nitrogens is 2. The van der Waals surface area contributed by atoms with Crippen LogP contribution < -0.4 is 4.90 Å². The van der Waals surface area contributed by atoms with Crippen LogP contribution in [0.2, 0.25) is 0 Å². The third kappa shape index (κ3) is 4.26. The molecule has 1 aliphatic rings. The van der Waals surface area contributed by atoms with Crippen molar-refractivity contribution in [2.75, 3.05) is 31.1 Å². The number of benzene rings is 1. The summed E-state index contributed by atoms with van der Waals surface area (Å²) in [5.41, 5.74) is 0.0444. The van der Waals surface area contributed by atoms with E-state index < -0.39 is 5.60 Å². The van der Waals surface area contributed by atoms with Crippen molar-refractivity contribution in [2.45, 2.75) is 26.4 Å². The predicted octanol–water partition coefficient (Wildman–Crippen LogP) is 2.93. The number of carbonyl (C=O) groups is 1. The second-order valence-corrected chi connectivity index (χ2v) is 6.87. The first-order valence-electron chi connectivity index (χ1n) is 8.14. The van der Waals surface area contributed by atoms with Crippen LogP contribution in [0.5, 0.6) is 0 Å². The Morgan fingerprint density at radius 2 is 1.96 bits per heavy atom. The average Bonchev–Trinajstić information content (AvgIpc) is 3.03. The zero-order valence-corrected chi connectivity index (χ0v) is 14.5. The van der Waals surface area contributed by atoms with Crippen LogP contribution in [-0.2, 0) is 4.74 Å². The molecule has 1 aromatic heterocycles. The molecule has 2 aromatic rings. The van der Waals surface area contributed by atoms with Crippen molar-refractivity contribution in [3.05, 3.63) is 30.1 Å². The molecule has 0 spiro atoms. The van der Waals surface area contributed by atoms with E-state index in [4.69, 9.17) is 9.26 Å². The van der Waals surface area contributed by atoms with Gasteiger partial charge in [-0.1, -0.05) is 17.3 Å². The summed E-state index contributed by atoms with van der Waals surface area (Å²) in [5, 5.41) is 3.91. The zero-order valence-electron chi connectivity index (χ0n) is 14.5. The van der Waals surface area contributed by atoms with Crippen molar-refractivity contribution in [3.63, 3.8) is 0 Å². The van der Waals surface area contributed by atoms with E-state index in [1.54, 1.807) is 17.0 Å². The van der Waals surface area contributed by atoms with Gasteiger partial charge in [-0.3, -0.25) is 0 Å². The lowest BCUT2D eigenvalue weighted by molar-refractivity contribution is 0.0238. The summed E-state index contributed by atoms with van der Waals surface area (Å²) in [5.74, 6) is -0.0149. The van der Waals surface area contributed by atoms with Crippen molar-refractivity contribution < 1.29 is 18.4 Å². The highest BCUT2D eigenvalue weighted by molar-refractivity contribution is 5.68. The second kappa shape index (κ2) is 6.70. The van der Waals surface area contributed by atoms with Crippen LogP contribution in [0.25, 0.3) is 11.4 Å². The highest BCUT2D eigenvalue weighted by Gasteiger charge is 2.27. The summed E-state index contributed by atoms with van der Waals surface area (Å²) >= 11 is 0. The third-order valence-corrected chi connectivity index (χ3v) is 3.70. The monoisotopic (exact) mass is 348 g/mol. The minimum absolute atomic E-state index is 0.321. The summed E-state index contributed by atoms with van der Waals surface area (Å²) in [7, 11) is 0. The van der Waals surface area contributed by atoms with Gasteiger partial charge in [0.1, 0.15) is 11.4 Å². The summed E-state index contributed by atoms with van der Waals surface area (Å²) in [6.07, 6.45) is -0.321. The van der Waals surface area contributed by atoms with E-state index in [1.165, 1.54) is 12.1 Å². The Kier molecular flexibility index (Phi) is 4.61. The molecule has 1 aliphatic heterocycles. The lowest BCUT2D eigenvalue weighted by Gasteiger charge is -2.34. The number of piperazine rings is 1. The van der Waals surface area contributed by atoms with Gasteiger partial charge in [0.05, 0.1) is 0 Å². The maximum Gasteiger partial charge on any atom is 0.410 e. The van der Waals surface area contributed by atoms with Crippen LogP contribution in [0.4, 0.5) is 15.2 Å². The Balaban J connectivity index is 1.61. The Morgan fingerprint density at radius 3 is 2.60 bits per heavy atom. The molecule has 1 aromatic carbocycles. The van der Waals surface area contributed by atoms with Gasteiger partial charge in [-0.15, -0.1) is 0 Å². The average molecular weight is 348 g/mol. The van der Waals surface area contributed by atoms with E-state index in [9.17, 15) is 9.18 Å². The van der Waals surface area contributed by atoms with Crippen LogP contribution in [0.3, 0.4) is 0 Å². The maximum atomic E-state index is 13.3. The van der Waals surface area contributed by atoms with Gasteiger partial charge in [0.25, 0.3) is 0 Å². The highest BCUT2D eigenvalue weighted by atomic mass is 19.1. The molecule has 8 heteroatoms. The number of nitrogens with zero attached hydrogens (tertiary/aromatic N) is 4. The van der Waals surface area contributed by atoms with Crippen LogP contribution in [0.1, 0.15) is 20.8 Å². The van der Waals surface area contributed by atoms with Crippen molar-refractivity contribution in [1.29, 1.82) is 0 Å². The van der Waals surface area contributed by atoms with E-state index >= 15 is 0 Å². The molecule has 0 bridgehead atoms. The summed E-state index contributed by atoms with van der Waals surface area (Å²) in [4.78, 5) is 20.0. The Morgan fingerprint density at radius 1 is 1.24 bits per heavy atom. The number of hydrogen-bond donors (Lipinski definition) is 0. The van der Waals surface area contributed by atoms with Gasteiger partial charge < -0.3 is 19.1 Å². The van der Waals surface area contributed by atoms with Gasteiger partial charge >= 0.3 is 12.1 Å². The number of rotatable bonds is 2. The summed E-state index contributed by atoms with van der Waals surface area (Å²) < 4.78 is 24.0. The van der Waals surface area contributed by atoms with Gasteiger partial charge in [-0.05, 0) is 32.9 Å². The normalized spacial score (nSPS) is 15.4. The molecule has 25 heavy (non-hydrogen) atoms. The molecule has 0 unspecified atom stereocenters. The molecule has 0 saturated carbocycles. The summed E-state index contributed by atoms with van der Waals surface area (Å²) in [6, 6.07) is 6.40. The van der Waals surface area contributed by atoms with E-state index in [1.807, 2.05) is 25.7 Å². The number of carbonyl (C=O) groups excluding carboxylic acids is 1. The van der Waals surface area contributed by atoms with Gasteiger partial charge in [0, 0.05) is 31.7 Å². The highest BCUT2D eigenvalue weighted by Crippen LogP contribution is 2.22. The molecular weight excluding hydrogens is 327 g/mol. The molecule has 3 rings (SSSR count). The van der Waals surface area contributed by atoms with Crippen molar-refractivity contribution in [2.24, 2.45) is 0 Å². The fourth-order valence-corrected chi connectivity index (χ4v) is 2.50. The smallest absolute Gasteiger partial charge is 0.410 e. The topological polar surface area (TPSA) is 71.7 Å². The van der Waals surface area contributed by atoms with Crippen LogP contribution in [0, 0.1) is 5.82 Å². The van der Waals surface area contributed by atoms with Gasteiger partial charge in [0.2, 0.25) is 5.82 Å². The number of anilines is 1. The molecule has 0 atom stereocenters. The Labute approximate surface area is 145 Å². The number of amides is 1. The first-order valence-corrected chi connectivity index (χ1v) is 8.14. The Hall–Kier alpha value is -2.64. The van der Waals surface area contributed by atoms with Gasteiger partial charge in [-0.25, -0.2) is 9.18 Å². The molecule has 0 aliphatic carbocycles. The fourth-order valence-electron chi connectivity index (χ4n) is 2.50. The first kappa shape index (κ1) is 17.2. The number of halogens is 1. The van der Waals surface area contributed by atoms with Crippen molar-refractivity contribution in [3.8, 4) is 11.4 Å². The van der Waals surface area contributed by atoms with Crippen molar-refractivity contribution >= 4 is 12.1 Å². The van der Waals surface area contributed by atoms with Gasteiger partial charge in [0.15, 0.2) is 0 Å². The standard InChI is InChI=1S/C17H21FN4O3/c1-17(2,3)24-16(23)22-9-7-21(8-10-22)15-19-14(20-25-15)12-5-4-6-13(18)11-12/h4-6,11H,7-10H2,1-3H3. The minimum atomic E-state index is -0.513. The molecule has 134 valence electrons. The van der Waals surface area contributed by atoms with E-state index in [2.05, 4.69) is 10.1 Å². The van der Waals surface area contributed by atoms with Gasteiger partial charge in [-0.2, -0.15) is 4.98 Å². The molecule has 2 heterocycles. The number of ether oxygens (including phenoxy) is 1. The third-order valence-electron chi connectivity index (χ3n) is 3.70. The zero-order chi connectivity index (χ0) is 18.0. The molecule has 0 N–H and O–H groups in total. The molecule has 1 amide bonds. The Bertz CT molecular complexity index is 748. The lowest BCUT2D eigenvalue weighted by Crippen LogP contribution is -2.50. The lowest BCUT2D eigenvalue weighted by atomic mass is 10.2. The van der Waals surface area contributed by atoms with Crippen LogP contribution in [-0.4, -0.2) is 52.9 Å². The van der Waals surface area contributed by atoms with Crippen LogP contribution >= 0.6 is 0 Å². The molecule has 7 nitrogen and oxygen atoms in total. The maximum absolute atomic E-state index is 13.3. The second-order valence-electron chi connectivity index (χ2n) is 6.87.